The highest BCUT2D eigenvalue weighted by Crippen LogP contribution is 2.45. The normalized spacial score (nSPS) is 20.2. The van der Waals surface area contributed by atoms with Crippen molar-refractivity contribution in [1.29, 1.82) is 0 Å². The van der Waals surface area contributed by atoms with Gasteiger partial charge in [-0.25, -0.2) is 8.78 Å². The zero-order chi connectivity index (χ0) is 23.8. The number of carbonyl (C=O) groups excluding carboxylic acids is 1. The van der Waals surface area contributed by atoms with Gasteiger partial charge >= 0.3 is 6.18 Å². The number of carbonyl (C=O) groups is 1. The van der Waals surface area contributed by atoms with E-state index < -0.39 is 35.1 Å². The number of rotatable bonds is 6. The molecule has 3 aromatic rings. The van der Waals surface area contributed by atoms with Crippen molar-refractivity contribution in [3.05, 3.63) is 71.3 Å². The van der Waals surface area contributed by atoms with E-state index in [2.05, 4.69) is 20.5 Å². The van der Waals surface area contributed by atoms with Gasteiger partial charge in [-0.3, -0.25) is 9.78 Å². The van der Waals surface area contributed by atoms with Crippen LogP contribution in [0.15, 0.2) is 48.7 Å². The number of pyridine rings is 1. The van der Waals surface area contributed by atoms with E-state index in [1.54, 1.807) is 0 Å². The predicted octanol–water partition coefficient (Wildman–Crippen LogP) is 4.28. The Labute approximate surface area is 185 Å². The lowest BCUT2D eigenvalue weighted by Gasteiger charge is -2.44. The van der Waals surface area contributed by atoms with Crippen LogP contribution in [0.1, 0.15) is 34.5 Å². The number of primary amides is 1. The molecule has 2 aromatic heterocycles. The summed E-state index contributed by atoms with van der Waals surface area (Å²) in [5.41, 5.74) is 3.23. The van der Waals surface area contributed by atoms with Crippen LogP contribution in [0.4, 0.5) is 27.8 Å². The summed E-state index contributed by atoms with van der Waals surface area (Å²) in [7, 11) is 0. The molecule has 172 valence electrons. The molecular formula is C22H18F5N5O. The number of nitrogens with one attached hydrogen (secondary N) is 1. The molecule has 1 aromatic carbocycles. The van der Waals surface area contributed by atoms with Gasteiger partial charge in [0, 0.05) is 29.3 Å². The van der Waals surface area contributed by atoms with E-state index in [0.717, 1.165) is 6.07 Å². The van der Waals surface area contributed by atoms with E-state index in [-0.39, 0.29) is 47.7 Å². The van der Waals surface area contributed by atoms with Crippen LogP contribution in [0.3, 0.4) is 0 Å². The zero-order valence-electron chi connectivity index (χ0n) is 17.0. The number of amides is 1. The van der Waals surface area contributed by atoms with E-state index in [0.29, 0.717) is 6.07 Å². The number of alkyl halides is 4. The Morgan fingerprint density at radius 1 is 1.15 bits per heavy atom. The Kier molecular flexibility index (Phi) is 5.73. The monoisotopic (exact) mass is 463 g/mol. The van der Waals surface area contributed by atoms with Crippen molar-refractivity contribution in [2.75, 3.05) is 11.9 Å². The summed E-state index contributed by atoms with van der Waals surface area (Å²) in [4.78, 5) is 15.5. The van der Waals surface area contributed by atoms with Gasteiger partial charge in [-0.1, -0.05) is 0 Å². The van der Waals surface area contributed by atoms with Crippen molar-refractivity contribution < 1.29 is 26.7 Å². The summed E-state index contributed by atoms with van der Waals surface area (Å²) in [6, 6.07) is 8.32. The minimum absolute atomic E-state index is 0.0176. The first-order valence-corrected chi connectivity index (χ1v) is 9.92. The highest BCUT2D eigenvalue weighted by atomic mass is 19.4. The molecule has 0 spiro atoms. The molecule has 0 unspecified atom stereocenters. The highest BCUT2D eigenvalue weighted by molar-refractivity contribution is 5.94. The molecule has 33 heavy (non-hydrogen) atoms. The van der Waals surface area contributed by atoms with Crippen LogP contribution in [0.25, 0.3) is 11.3 Å². The molecule has 1 saturated carbocycles. The first-order valence-electron chi connectivity index (χ1n) is 9.92. The molecule has 1 aliphatic rings. The maximum atomic E-state index is 14.3. The van der Waals surface area contributed by atoms with Crippen LogP contribution in [-0.4, -0.2) is 33.8 Å². The number of benzene rings is 1. The van der Waals surface area contributed by atoms with Gasteiger partial charge in [0.15, 0.2) is 0 Å². The Hall–Kier alpha value is -3.63. The summed E-state index contributed by atoms with van der Waals surface area (Å²) >= 11 is 0. The average Bonchev–Trinajstić information content (AvgIpc) is 2.76. The molecule has 6 nitrogen and oxygen atoms in total. The van der Waals surface area contributed by atoms with Gasteiger partial charge in [-0.05, 0) is 55.3 Å². The third-order valence-corrected chi connectivity index (χ3v) is 5.60. The lowest BCUT2D eigenvalue weighted by Crippen LogP contribution is -2.49. The second-order valence-electron chi connectivity index (χ2n) is 7.94. The van der Waals surface area contributed by atoms with Crippen LogP contribution in [0.5, 0.6) is 0 Å². The first-order chi connectivity index (χ1) is 15.6. The molecule has 1 fully saturated rings. The first kappa shape index (κ1) is 22.6. The molecule has 1 aliphatic carbocycles. The maximum Gasteiger partial charge on any atom is 0.416 e. The quantitative estimate of drug-likeness (QED) is 0.533. The molecule has 0 saturated heterocycles. The van der Waals surface area contributed by atoms with E-state index in [1.165, 1.54) is 36.5 Å². The average molecular weight is 463 g/mol. The molecule has 4 rings (SSSR count). The number of aromatic nitrogens is 3. The van der Waals surface area contributed by atoms with Gasteiger partial charge in [0.1, 0.15) is 17.8 Å². The second-order valence-corrected chi connectivity index (χ2v) is 7.94. The number of hydrogen-bond acceptors (Lipinski definition) is 5. The molecule has 0 aliphatic heterocycles. The van der Waals surface area contributed by atoms with Crippen LogP contribution in [-0.2, 0) is 11.6 Å². The number of anilines is 1. The van der Waals surface area contributed by atoms with Crippen LogP contribution in [0.2, 0.25) is 0 Å². The van der Waals surface area contributed by atoms with Gasteiger partial charge in [-0.15, -0.1) is 10.2 Å². The summed E-state index contributed by atoms with van der Waals surface area (Å²) in [6.45, 7) is 0.144. The molecule has 1 amide bonds. The summed E-state index contributed by atoms with van der Waals surface area (Å²) < 4.78 is 67.5. The van der Waals surface area contributed by atoms with Gasteiger partial charge in [-0.2, -0.15) is 13.2 Å². The zero-order valence-corrected chi connectivity index (χ0v) is 17.0. The van der Waals surface area contributed by atoms with Crippen molar-refractivity contribution in [2.45, 2.75) is 30.6 Å². The highest BCUT2D eigenvalue weighted by Gasteiger charge is 2.48. The molecule has 0 atom stereocenters. The topological polar surface area (TPSA) is 93.8 Å². The third kappa shape index (κ3) is 4.62. The lowest BCUT2D eigenvalue weighted by atomic mass is 9.65. The molecular weight excluding hydrogens is 445 g/mol. The maximum absolute atomic E-state index is 14.3. The molecule has 0 radical (unpaired) electrons. The third-order valence-electron chi connectivity index (χ3n) is 5.60. The van der Waals surface area contributed by atoms with E-state index >= 15 is 0 Å². The molecule has 2 heterocycles. The number of nitrogens with two attached hydrogens (primary N) is 1. The van der Waals surface area contributed by atoms with E-state index in [4.69, 9.17) is 5.73 Å². The van der Waals surface area contributed by atoms with Crippen molar-refractivity contribution in [1.82, 2.24) is 15.2 Å². The number of hydrogen-bond donors (Lipinski definition) is 2. The van der Waals surface area contributed by atoms with Crippen molar-refractivity contribution >= 4 is 11.7 Å². The van der Waals surface area contributed by atoms with Crippen molar-refractivity contribution in [3.63, 3.8) is 0 Å². The van der Waals surface area contributed by atoms with Gasteiger partial charge in [0.05, 0.1) is 17.0 Å². The SMILES string of the molecule is NC(=O)c1cc(-c2ccc(NC[C@]3(c4ncccc4F)C[C@H](F)C3)nn2)cc(C(F)(F)F)c1. The van der Waals surface area contributed by atoms with Gasteiger partial charge in [0.2, 0.25) is 5.91 Å². The Morgan fingerprint density at radius 3 is 2.48 bits per heavy atom. The van der Waals surface area contributed by atoms with E-state index in [1.807, 2.05) is 0 Å². The van der Waals surface area contributed by atoms with Crippen molar-refractivity contribution in [2.24, 2.45) is 5.73 Å². The number of nitrogens with zero attached hydrogens (tertiary/aromatic N) is 3. The van der Waals surface area contributed by atoms with Crippen LogP contribution < -0.4 is 11.1 Å². The second kappa shape index (κ2) is 8.38. The fraction of sp³-hybridized carbons (Fsp3) is 0.273. The van der Waals surface area contributed by atoms with E-state index in [9.17, 15) is 26.7 Å². The fourth-order valence-corrected chi connectivity index (χ4v) is 3.91. The summed E-state index contributed by atoms with van der Waals surface area (Å²) in [6.07, 6.45) is -4.11. The minimum atomic E-state index is -4.68. The Bertz CT molecular complexity index is 1180. The van der Waals surface area contributed by atoms with Crippen LogP contribution in [0, 0.1) is 5.82 Å². The number of halogens is 5. The molecule has 3 N–H and O–H groups in total. The van der Waals surface area contributed by atoms with Gasteiger partial charge in [0.25, 0.3) is 0 Å². The summed E-state index contributed by atoms with van der Waals surface area (Å²) in [5.74, 6) is -1.27. The standard InChI is InChI=1S/C22H18F5N5O/c23-15-9-21(10-15,19-16(24)2-1-5-29-19)11-30-18-4-3-17(31-32-18)12-6-13(20(28)33)8-14(7-12)22(25,26)27/h1-8,15H,9-11H2,(H2,28,33)(H,30,32)/t15-,21-. The smallest absolute Gasteiger partial charge is 0.368 e. The molecule has 0 bridgehead atoms. The largest absolute Gasteiger partial charge is 0.416 e. The van der Waals surface area contributed by atoms with Crippen LogP contribution >= 0.6 is 0 Å². The van der Waals surface area contributed by atoms with Gasteiger partial charge < -0.3 is 11.1 Å². The fourth-order valence-electron chi connectivity index (χ4n) is 3.91. The molecule has 11 heteroatoms. The predicted molar refractivity (Wildman–Crippen MR) is 109 cm³/mol. The summed E-state index contributed by atoms with van der Waals surface area (Å²) in [5, 5.41) is 10.9. The van der Waals surface area contributed by atoms with Crippen molar-refractivity contribution in [3.8, 4) is 11.3 Å². The Morgan fingerprint density at radius 2 is 1.91 bits per heavy atom. The minimum Gasteiger partial charge on any atom is -0.368 e. The Balaban J connectivity index is 1.55. The lowest BCUT2D eigenvalue weighted by molar-refractivity contribution is -0.137.